The van der Waals surface area contributed by atoms with E-state index in [-0.39, 0.29) is 0 Å². The molecule has 1 fully saturated rings. The predicted molar refractivity (Wildman–Crippen MR) is 117 cm³/mol. The number of piperazine rings is 1. The third kappa shape index (κ3) is 4.46. The van der Waals surface area contributed by atoms with Crippen LogP contribution >= 0.6 is 0 Å². The van der Waals surface area contributed by atoms with Gasteiger partial charge >= 0.3 is 0 Å². The molecule has 1 aliphatic rings. The maximum atomic E-state index is 5.42. The van der Waals surface area contributed by atoms with Crippen molar-refractivity contribution in [2.24, 2.45) is 0 Å². The van der Waals surface area contributed by atoms with Crippen LogP contribution in [0.15, 0.2) is 30.3 Å². The molecular weight excluding hydrogens is 382 g/mol. The Morgan fingerprint density at radius 3 is 2.20 bits per heavy atom. The Hall–Kier alpha value is -3.33. The summed E-state index contributed by atoms with van der Waals surface area (Å²) in [5.41, 5.74) is 1.80. The van der Waals surface area contributed by atoms with Crippen LogP contribution in [0, 0.1) is 6.92 Å². The molecule has 3 heterocycles. The van der Waals surface area contributed by atoms with Gasteiger partial charge in [-0.05, 0) is 26.1 Å². The maximum Gasteiger partial charge on any atom is 0.164 e. The fourth-order valence-electron chi connectivity index (χ4n) is 3.37. The largest absolute Gasteiger partial charge is 0.497 e. The average molecular weight is 409 g/mol. The van der Waals surface area contributed by atoms with Crippen LogP contribution in [0.5, 0.6) is 11.5 Å². The summed E-state index contributed by atoms with van der Waals surface area (Å²) >= 11 is 0. The molecule has 158 valence electrons. The Balaban J connectivity index is 1.75. The third-order valence-corrected chi connectivity index (χ3v) is 5.11. The number of aromatic nitrogens is 4. The SMILES string of the molecule is COc1cc(OC)cc(-c2nc(Nc3cc(C)[nH]n3)cc(N3CCN(C)CC3)n2)c1. The van der Waals surface area contributed by atoms with E-state index >= 15 is 0 Å². The highest BCUT2D eigenvalue weighted by Crippen LogP contribution is 2.30. The van der Waals surface area contributed by atoms with Gasteiger partial charge in [0.05, 0.1) is 14.2 Å². The summed E-state index contributed by atoms with van der Waals surface area (Å²) in [6, 6.07) is 9.56. The first-order chi connectivity index (χ1) is 14.5. The summed E-state index contributed by atoms with van der Waals surface area (Å²) in [5.74, 6) is 4.25. The van der Waals surface area contributed by atoms with Crippen molar-refractivity contribution in [3.8, 4) is 22.9 Å². The molecule has 1 aromatic carbocycles. The minimum absolute atomic E-state index is 0.596. The van der Waals surface area contributed by atoms with E-state index in [1.165, 1.54) is 0 Å². The Kier molecular flexibility index (Phi) is 5.71. The van der Waals surface area contributed by atoms with Crippen LogP contribution in [0.3, 0.4) is 0 Å². The van der Waals surface area contributed by atoms with Gasteiger partial charge in [0.15, 0.2) is 11.6 Å². The topological polar surface area (TPSA) is 91.4 Å². The molecule has 0 atom stereocenters. The maximum absolute atomic E-state index is 5.42. The number of aryl methyl sites for hydroxylation is 1. The first-order valence-electron chi connectivity index (χ1n) is 9.89. The van der Waals surface area contributed by atoms with Crippen LogP contribution in [0.25, 0.3) is 11.4 Å². The zero-order chi connectivity index (χ0) is 21.1. The number of hydrogen-bond donors (Lipinski definition) is 2. The number of benzene rings is 1. The number of nitrogens with zero attached hydrogens (tertiary/aromatic N) is 5. The number of ether oxygens (including phenoxy) is 2. The molecule has 0 amide bonds. The van der Waals surface area contributed by atoms with Crippen LogP contribution in [-0.2, 0) is 0 Å². The molecule has 9 heteroatoms. The summed E-state index contributed by atoms with van der Waals surface area (Å²) in [5, 5.41) is 10.5. The number of likely N-dealkylation sites (N-methyl/N-ethyl adjacent to an activating group) is 1. The second-order valence-corrected chi connectivity index (χ2v) is 7.39. The van der Waals surface area contributed by atoms with Gasteiger partial charge in [0.2, 0.25) is 0 Å². The van der Waals surface area contributed by atoms with Crippen molar-refractivity contribution in [3.05, 3.63) is 36.0 Å². The van der Waals surface area contributed by atoms with E-state index in [1.54, 1.807) is 14.2 Å². The molecule has 30 heavy (non-hydrogen) atoms. The molecule has 1 saturated heterocycles. The van der Waals surface area contributed by atoms with E-state index < -0.39 is 0 Å². The molecule has 4 rings (SSSR count). The Labute approximate surface area is 176 Å². The number of rotatable bonds is 6. The zero-order valence-corrected chi connectivity index (χ0v) is 17.8. The zero-order valence-electron chi connectivity index (χ0n) is 17.8. The first kappa shape index (κ1) is 20.0. The monoisotopic (exact) mass is 409 g/mol. The Morgan fingerprint density at radius 1 is 0.900 bits per heavy atom. The van der Waals surface area contributed by atoms with Crippen LogP contribution in [0.2, 0.25) is 0 Å². The number of methoxy groups -OCH3 is 2. The molecule has 3 aromatic rings. The summed E-state index contributed by atoms with van der Waals surface area (Å²) < 4.78 is 10.8. The van der Waals surface area contributed by atoms with E-state index in [9.17, 15) is 0 Å². The molecule has 0 radical (unpaired) electrons. The molecule has 2 aromatic heterocycles. The second-order valence-electron chi connectivity index (χ2n) is 7.39. The smallest absolute Gasteiger partial charge is 0.164 e. The van der Waals surface area contributed by atoms with Crippen LogP contribution in [0.4, 0.5) is 17.5 Å². The third-order valence-electron chi connectivity index (χ3n) is 5.11. The van der Waals surface area contributed by atoms with Crippen molar-refractivity contribution in [1.29, 1.82) is 0 Å². The van der Waals surface area contributed by atoms with Crippen molar-refractivity contribution >= 4 is 17.5 Å². The molecular formula is C21H27N7O2. The van der Waals surface area contributed by atoms with Crippen LogP contribution in [0.1, 0.15) is 5.69 Å². The quantitative estimate of drug-likeness (QED) is 0.642. The van der Waals surface area contributed by atoms with Crippen molar-refractivity contribution in [3.63, 3.8) is 0 Å². The Morgan fingerprint density at radius 2 is 1.60 bits per heavy atom. The van der Waals surface area contributed by atoms with Crippen molar-refractivity contribution in [1.82, 2.24) is 25.1 Å². The van der Waals surface area contributed by atoms with Crippen molar-refractivity contribution < 1.29 is 9.47 Å². The van der Waals surface area contributed by atoms with Gasteiger partial charge in [-0.15, -0.1) is 0 Å². The summed E-state index contributed by atoms with van der Waals surface area (Å²) in [6.45, 7) is 5.77. The average Bonchev–Trinajstić information content (AvgIpc) is 3.18. The molecule has 9 nitrogen and oxygen atoms in total. The summed E-state index contributed by atoms with van der Waals surface area (Å²) in [6.07, 6.45) is 0. The van der Waals surface area contributed by atoms with Gasteiger partial charge in [-0.2, -0.15) is 5.10 Å². The van der Waals surface area contributed by atoms with Gasteiger partial charge in [0.1, 0.15) is 23.1 Å². The first-order valence-corrected chi connectivity index (χ1v) is 9.89. The van der Waals surface area contributed by atoms with Gasteiger partial charge in [-0.25, -0.2) is 9.97 Å². The van der Waals surface area contributed by atoms with E-state index in [2.05, 4.69) is 32.4 Å². The highest BCUT2D eigenvalue weighted by atomic mass is 16.5. The number of anilines is 3. The highest BCUT2D eigenvalue weighted by molar-refractivity contribution is 5.67. The van der Waals surface area contributed by atoms with E-state index in [4.69, 9.17) is 19.4 Å². The van der Waals surface area contributed by atoms with E-state index in [0.717, 1.165) is 43.3 Å². The van der Waals surface area contributed by atoms with Crippen LogP contribution in [-0.4, -0.2) is 72.5 Å². The lowest BCUT2D eigenvalue weighted by Gasteiger charge is -2.33. The lowest BCUT2D eigenvalue weighted by atomic mass is 10.2. The van der Waals surface area contributed by atoms with Gasteiger partial charge in [-0.3, -0.25) is 5.10 Å². The molecule has 0 unspecified atom stereocenters. The number of hydrogen-bond acceptors (Lipinski definition) is 8. The molecule has 0 saturated carbocycles. The number of H-pyrrole nitrogens is 1. The summed E-state index contributed by atoms with van der Waals surface area (Å²) in [4.78, 5) is 14.2. The lowest BCUT2D eigenvalue weighted by Crippen LogP contribution is -2.44. The van der Waals surface area contributed by atoms with Gasteiger partial charge in [0.25, 0.3) is 0 Å². The van der Waals surface area contributed by atoms with E-state index in [0.29, 0.717) is 29.0 Å². The minimum Gasteiger partial charge on any atom is -0.497 e. The highest BCUT2D eigenvalue weighted by Gasteiger charge is 2.18. The predicted octanol–water partition coefficient (Wildman–Crippen LogP) is 2.69. The number of aromatic amines is 1. The molecule has 2 N–H and O–H groups in total. The fraction of sp³-hybridized carbons (Fsp3) is 0.381. The van der Waals surface area contributed by atoms with Crippen molar-refractivity contribution in [2.45, 2.75) is 6.92 Å². The Bertz CT molecular complexity index is 990. The fourth-order valence-corrected chi connectivity index (χ4v) is 3.37. The summed E-state index contributed by atoms with van der Waals surface area (Å²) in [7, 11) is 5.40. The van der Waals surface area contributed by atoms with Gasteiger partial charge < -0.3 is 24.6 Å². The molecule has 1 aliphatic heterocycles. The molecule has 0 aliphatic carbocycles. The standard InChI is InChI=1S/C21H27N7O2/c1-14-9-19(26-25-14)22-18-13-20(28-7-5-27(2)6-8-28)24-21(23-18)15-10-16(29-3)12-17(11-15)30-4/h9-13H,5-8H2,1-4H3,(H2,22,23,24,25,26). The molecule has 0 bridgehead atoms. The number of nitrogens with one attached hydrogen (secondary N) is 2. The van der Waals surface area contributed by atoms with Crippen molar-refractivity contribution in [2.75, 3.05) is 57.7 Å². The van der Waals surface area contributed by atoms with Gasteiger partial charge in [0, 0.05) is 55.6 Å². The van der Waals surface area contributed by atoms with Gasteiger partial charge in [-0.1, -0.05) is 0 Å². The minimum atomic E-state index is 0.596. The van der Waals surface area contributed by atoms with Crippen LogP contribution < -0.4 is 19.7 Å². The molecule has 0 spiro atoms. The second kappa shape index (κ2) is 8.58. The normalized spacial score (nSPS) is 14.6. The van der Waals surface area contributed by atoms with E-state index in [1.807, 2.05) is 37.3 Å². The lowest BCUT2D eigenvalue weighted by molar-refractivity contribution is 0.312.